The third kappa shape index (κ3) is 5.39. The van der Waals surface area contributed by atoms with E-state index < -0.39 is 10.0 Å². The van der Waals surface area contributed by atoms with Gasteiger partial charge in [-0.15, -0.1) is 0 Å². The van der Waals surface area contributed by atoms with Gasteiger partial charge in [0.25, 0.3) is 0 Å². The van der Waals surface area contributed by atoms with Crippen molar-refractivity contribution < 1.29 is 8.42 Å². The molecule has 0 spiro atoms. The first-order chi connectivity index (χ1) is 9.91. The first kappa shape index (κ1) is 18.1. The van der Waals surface area contributed by atoms with Crippen molar-refractivity contribution in [3.8, 4) is 0 Å². The lowest BCUT2D eigenvalue weighted by atomic mass is 10.2. The lowest BCUT2D eigenvalue weighted by Crippen LogP contribution is -2.33. The Hall–Kier alpha value is -0.950. The molecule has 6 heteroatoms. The van der Waals surface area contributed by atoms with Crippen LogP contribution < -0.4 is 5.73 Å². The van der Waals surface area contributed by atoms with Crippen LogP contribution in [-0.2, 0) is 16.4 Å². The maximum Gasteiger partial charge on any atom is 0.243 e. The van der Waals surface area contributed by atoms with Crippen molar-refractivity contribution in [3.05, 3.63) is 29.8 Å². The van der Waals surface area contributed by atoms with E-state index in [0.717, 1.165) is 24.9 Å². The van der Waals surface area contributed by atoms with E-state index in [1.807, 2.05) is 33.2 Å². The quantitative estimate of drug-likeness (QED) is 0.743. The number of nitrogens with zero attached hydrogens (tertiary/aromatic N) is 2. The fourth-order valence-corrected chi connectivity index (χ4v) is 3.64. The zero-order valence-corrected chi connectivity index (χ0v) is 14.1. The maximum atomic E-state index is 12.6. The zero-order chi connectivity index (χ0) is 15.9. The molecule has 1 aromatic carbocycles. The van der Waals surface area contributed by atoms with Crippen molar-refractivity contribution in [1.82, 2.24) is 9.21 Å². The third-order valence-corrected chi connectivity index (χ3v) is 5.35. The molecule has 0 aliphatic carbocycles. The molecule has 0 bridgehead atoms. The summed E-state index contributed by atoms with van der Waals surface area (Å²) < 4.78 is 26.7. The Morgan fingerprint density at radius 2 is 1.71 bits per heavy atom. The number of hydrogen-bond acceptors (Lipinski definition) is 4. The van der Waals surface area contributed by atoms with Gasteiger partial charge < -0.3 is 10.6 Å². The van der Waals surface area contributed by atoms with Crippen LogP contribution in [-0.4, -0.2) is 57.9 Å². The zero-order valence-electron chi connectivity index (χ0n) is 13.2. The van der Waals surface area contributed by atoms with Crippen molar-refractivity contribution in [2.24, 2.45) is 5.73 Å². The first-order valence-corrected chi connectivity index (χ1v) is 8.79. The van der Waals surface area contributed by atoms with Crippen molar-refractivity contribution in [2.45, 2.75) is 24.7 Å². The summed E-state index contributed by atoms with van der Waals surface area (Å²) in [5.74, 6) is 0. The van der Waals surface area contributed by atoms with Crippen LogP contribution in [0.3, 0.4) is 0 Å². The number of hydrogen-bond donors (Lipinski definition) is 1. The Kier molecular flexibility index (Phi) is 7.31. The molecule has 0 heterocycles. The average molecular weight is 313 g/mol. The van der Waals surface area contributed by atoms with Gasteiger partial charge in [0.15, 0.2) is 0 Å². The molecule has 120 valence electrons. The number of rotatable bonds is 9. The summed E-state index contributed by atoms with van der Waals surface area (Å²) in [4.78, 5) is 2.41. The average Bonchev–Trinajstić information content (AvgIpc) is 2.44. The molecule has 0 saturated carbocycles. The van der Waals surface area contributed by atoms with Gasteiger partial charge in [-0.3, -0.25) is 0 Å². The fourth-order valence-electron chi connectivity index (χ4n) is 2.16. The Bertz CT molecular complexity index is 512. The van der Waals surface area contributed by atoms with Crippen molar-refractivity contribution in [1.29, 1.82) is 0 Å². The predicted molar refractivity (Wildman–Crippen MR) is 86.8 cm³/mol. The second-order valence-electron chi connectivity index (χ2n) is 5.34. The molecule has 0 fully saturated rings. The van der Waals surface area contributed by atoms with Gasteiger partial charge in [0, 0.05) is 13.1 Å². The van der Waals surface area contributed by atoms with E-state index in [1.165, 1.54) is 4.31 Å². The molecule has 1 aromatic rings. The van der Waals surface area contributed by atoms with E-state index in [1.54, 1.807) is 12.1 Å². The molecule has 5 nitrogen and oxygen atoms in total. The SMILES string of the molecule is CCN(CCCN(C)C)S(=O)(=O)c1ccc(CCN)cc1. The highest BCUT2D eigenvalue weighted by Gasteiger charge is 2.22. The molecule has 2 N–H and O–H groups in total. The molecule has 0 amide bonds. The predicted octanol–water partition coefficient (Wildman–Crippen LogP) is 1.15. The minimum absolute atomic E-state index is 0.356. The smallest absolute Gasteiger partial charge is 0.243 e. The summed E-state index contributed by atoms with van der Waals surface area (Å²) in [7, 11) is 0.577. The summed E-state index contributed by atoms with van der Waals surface area (Å²) in [5.41, 5.74) is 6.57. The van der Waals surface area contributed by atoms with Gasteiger partial charge in [0.05, 0.1) is 4.90 Å². The molecule has 0 aliphatic rings. The second kappa shape index (κ2) is 8.48. The molecule has 21 heavy (non-hydrogen) atoms. The number of sulfonamides is 1. The molecule has 0 aliphatic heterocycles. The van der Waals surface area contributed by atoms with Crippen LogP contribution in [0.15, 0.2) is 29.2 Å². The minimum atomic E-state index is -3.40. The van der Waals surface area contributed by atoms with Crippen LogP contribution in [0.2, 0.25) is 0 Å². The number of benzene rings is 1. The van der Waals surface area contributed by atoms with Gasteiger partial charge in [-0.2, -0.15) is 4.31 Å². The minimum Gasteiger partial charge on any atom is -0.330 e. The van der Waals surface area contributed by atoms with Crippen LogP contribution >= 0.6 is 0 Å². The summed E-state index contributed by atoms with van der Waals surface area (Å²) in [6.07, 6.45) is 1.59. The van der Waals surface area contributed by atoms with E-state index in [-0.39, 0.29) is 0 Å². The molecule has 0 saturated heterocycles. The number of nitrogens with two attached hydrogens (primary N) is 1. The molecule has 0 unspecified atom stereocenters. The van der Waals surface area contributed by atoms with Gasteiger partial charge in [0.2, 0.25) is 10.0 Å². The highest BCUT2D eigenvalue weighted by atomic mass is 32.2. The van der Waals surface area contributed by atoms with E-state index in [9.17, 15) is 8.42 Å². The molecule has 0 radical (unpaired) electrons. The fraction of sp³-hybridized carbons (Fsp3) is 0.600. The Balaban J connectivity index is 2.80. The van der Waals surface area contributed by atoms with Gasteiger partial charge >= 0.3 is 0 Å². The monoisotopic (exact) mass is 313 g/mol. The Morgan fingerprint density at radius 1 is 1.10 bits per heavy atom. The lowest BCUT2D eigenvalue weighted by molar-refractivity contribution is 0.356. The highest BCUT2D eigenvalue weighted by Crippen LogP contribution is 2.17. The van der Waals surface area contributed by atoms with Crippen LogP contribution in [0.4, 0.5) is 0 Å². The summed E-state index contributed by atoms with van der Waals surface area (Å²) >= 11 is 0. The molecule has 0 aromatic heterocycles. The Labute approximate surface area is 128 Å². The first-order valence-electron chi connectivity index (χ1n) is 7.35. The standard InChI is InChI=1S/C15H27N3O2S/c1-4-18(13-5-12-17(2)3)21(19,20)15-8-6-14(7-9-15)10-11-16/h6-9H,4-5,10-13,16H2,1-3H3. The van der Waals surface area contributed by atoms with Crippen LogP contribution in [0.25, 0.3) is 0 Å². The molecule has 1 rings (SSSR count). The van der Waals surface area contributed by atoms with E-state index in [0.29, 0.717) is 24.5 Å². The molecule has 0 atom stereocenters. The summed E-state index contributed by atoms with van der Waals surface area (Å²) in [6, 6.07) is 7.03. The van der Waals surface area contributed by atoms with Crippen molar-refractivity contribution in [3.63, 3.8) is 0 Å². The summed E-state index contributed by atoms with van der Waals surface area (Å²) in [5, 5.41) is 0. The Morgan fingerprint density at radius 3 is 2.19 bits per heavy atom. The van der Waals surface area contributed by atoms with Gasteiger partial charge in [-0.1, -0.05) is 19.1 Å². The van der Waals surface area contributed by atoms with Gasteiger partial charge in [-0.25, -0.2) is 8.42 Å². The van der Waals surface area contributed by atoms with E-state index in [4.69, 9.17) is 5.73 Å². The summed E-state index contributed by atoms with van der Waals surface area (Å²) in [6.45, 7) is 4.34. The lowest BCUT2D eigenvalue weighted by Gasteiger charge is -2.21. The third-order valence-electron chi connectivity index (χ3n) is 3.36. The largest absolute Gasteiger partial charge is 0.330 e. The van der Waals surface area contributed by atoms with Crippen LogP contribution in [0.5, 0.6) is 0 Å². The van der Waals surface area contributed by atoms with Crippen molar-refractivity contribution >= 4 is 10.0 Å². The second-order valence-corrected chi connectivity index (χ2v) is 7.27. The highest BCUT2D eigenvalue weighted by molar-refractivity contribution is 7.89. The molecular weight excluding hydrogens is 286 g/mol. The van der Waals surface area contributed by atoms with Gasteiger partial charge in [0.1, 0.15) is 0 Å². The van der Waals surface area contributed by atoms with Crippen LogP contribution in [0, 0.1) is 0 Å². The van der Waals surface area contributed by atoms with Crippen molar-refractivity contribution in [2.75, 3.05) is 40.3 Å². The maximum absolute atomic E-state index is 12.6. The topological polar surface area (TPSA) is 66.6 Å². The molecular formula is C15H27N3O2S. The van der Waals surface area contributed by atoms with E-state index >= 15 is 0 Å². The van der Waals surface area contributed by atoms with Crippen LogP contribution in [0.1, 0.15) is 18.9 Å². The van der Waals surface area contributed by atoms with E-state index in [2.05, 4.69) is 4.90 Å². The normalized spacial score (nSPS) is 12.3. The van der Waals surface area contributed by atoms with Gasteiger partial charge in [-0.05, 0) is 57.7 Å².